The van der Waals surface area contributed by atoms with Crippen LogP contribution in [0.3, 0.4) is 0 Å². The fraction of sp³-hybridized carbons (Fsp3) is 0.444. The summed E-state index contributed by atoms with van der Waals surface area (Å²) >= 11 is 0. The second kappa shape index (κ2) is 6.47. The number of carbonyl (C=O) groups excluding carboxylic acids is 1. The molecule has 3 aliphatic rings. The van der Waals surface area contributed by atoms with Gasteiger partial charge in [-0.25, -0.2) is 4.39 Å². The molecule has 144 valence electrons. The van der Waals surface area contributed by atoms with Crippen molar-refractivity contribution >= 4 is 5.91 Å². The van der Waals surface area contributed by atoms with Gasteiger partial charge >= 0.3 is 0 Å². The Balaban J connectivity index is 1.25. The van der Waals surface area contributed by atoms with Crippen molar-refractivity contribution in [1.29, 1.82) is 0 Å². The monoisotopic (exact) mass is 383 g/mol. The maximum Gasteiger partial charge on any atom is 0.236 e. The lowest BCUT2D eigenvalue weighted by Gasteiger charge is -2.52. The minimum atomic E-state index is -0.301. The molecule has 6 rings (SSSR count). The van der Waals surface area contributed by atoms with Crippen molar-refractivity contribution in [2.75, 3.05) is 13.1 Å². The Hall–Kier alpha value is -3.17. The standard InChI is InChI=1S/C18H18FN7O2/c1-10-20-15(28-23-10)7-16(27)25-8-12-6-13(9-25)17(12)26-22-18(21-24-26)11-2-4-14(19)5-3-11/h2-5,12-13,17H,6-9H2,1H3. The Labute approximate surface area is 159 Å². The minimum absolute atomic E-state index is 0.00430. The summed E-state index contributed by atoms with van der Waals surface area (Å²) in [5.74, 6) is 1.63. The van der Waals surface area contributed by atoms with E-state index in [-0.39, 0.29) is 24.2 Å². The number of aryl methyl sites for hydroxylation is 1. The summed E-state index contributed by atoms with van der Waals surface area (Å²) in [7, 11) is 0. The number of halogens is 1. The Kier molecular flexibility index (Phi) is 3.92. The van der Waals surface area contributed by atoms with Crippen molar-refractivity contribution in [1.82, 2.24) is 35.2 Å². The van der Waals surface area contributed by atoms with E-state index in [1.807, 2.05) is 4.90 Å². The molecule has 2 atom stereocenters. The second-order valence-electron chi connectivity index (χ2n) is 7.40. The van der Waals surface area contributed by atoms with Crippen LogP contribution >= 0.6 is 0 Å². The van der Waals surface area contributed by atoms with Crippen molar-refractivity contribution in [3.8, 4) is 11.4 Å². The lowest BCUT2D eigenvalue weighted by Crippen LogP contribution is -2.57. The van der Waals surface area contributed by atoms with E-state index >= 15 is 0 Å². The number of amides is 1. The predicted octanol–water partition coefficient (Wildman–Crippen LogP) is 1.43. The lowest BCUT2D eigenvalue weighted by atomic mass is 9.66. The third-order valence-electron chi connectivity index (χ3n) is 5.50. The maximum atomic E-state index is 13.1. The van der Waals surface area contributed by atoms with Crippen molar-refractivity contribution in [2.24, 2.45) is 11.8 Å². The van der Waals surface area contributed by atoms with Crippen LogP contribution in [0.15, 0.2) is 28.8 Å². The normalized spacial score (nSPS) is 23.5. The molecule has 3 aromatic rings. The Morgan fingerprint density at radius 2 is 2.00 bits per heavy atom. The van der Waals surface area contributed by atoms with Crippen LogP contribution in [-0.4, -0.2) is 54.2 Å². The highest BCUT2D eigenvalue weighted by atomic mass is 19.1. The van der Waals surface area contributed by atoms with Gasteiger partial charge in [-0.3, -0.25) is 4.79 Å². The van der Waals surface area contributed by atoms with Gasteiger partial charge in [-0.05, 0) is 42.8 Å². The molecule has 2 saturated heterocycles. The first-order valence-corrected chi connectivity index (χ1v) is 9.19. The Morgan fingerprint density at radius 3 is 2.68 bits per heavy atom. The molecule has 9 nitrogen and oxygen atoms in total. The van der Waals surface area contributed by atoms with Crippen molar-refractivity contribution in [3.05, 3.63) is 41.8 Å². The van der Waals surface area contributed by atoms with Crippen molar-refractivity contribution in [3.63, 3.8) is 0 Å². The van der Waals surface area contributed by atoms with Crippen LogP contribution in [0.4, 0.5) is 4.39 Å². The van der Waals surface area contributed by atoms with E-state index in [0.717, 1.165) is 12.0 Å². The summed E-state index contributed by atoms with van der Waals surface area (Å²) in [6, 6.07) is 6.16. The molecule has 28 heavy (non-hydrogen) atoms. The number of hydrogen-bond acceptors (Lipinski definition) is 7. The van der Waals surface area contributed by atoms with E-state index in [2.05, 4.69) is 25.6 Å². The van der Waals surface area contributed by atoms with Crippen LogP contribution in [0, 0.1) is 24.6 Å². The summed E-state index contributed by atoms with van der Waals surface area (Å²) < 4.78 is 18.1. The first kappa shape index (κ1) is 17.0. The molecular weight excluding hydrogens is 365 g/mol. The lowest BCUT2D eigenvalue weighted by molar-refractivity contribution is -0.141. The highest BCUT2D eigenvalue weighted by Crippen LogP contribution is 2.48. The molecule has 1 aromatic carbocycles. The van der Waals surface area contributed by atoms with E-state index in [1.165, 1.54) is 12.1 Å². The fourth-order valence-corrected chi connectivity index (χ4v) is 4.16. The quantitative estimate of drug-likeness (QED) is 0.671. The molecule has 0 radical (unpaired) electrons. The van der Waals surface area contributed by atoms with Gasteiger partial charge in [-0.15, -0.1) is 10.2 Å². The van der Waals surface area contributed by atoms with E-state index < -0.39 is 0 Å². The SMILES string of the molecule is Cc1noc(CC(=O)N2CC3CC(C2)C3n2nnc(-c3ccc(F)cc3)n2)n1. The highest BCUT2D eigenvalue weighted by Gasteiger charge is 2.50. The summed E-state index contributed by atoms with van der Waals surface area (Å²) in [5.41, 5.74) is 0.726. The van der Waals surface area contributed by atoms with E-state index in [4.69, 9.17) is 4.52 Å². The summed E-state index contributed by atoms with van der Waals surface area (Å²) in [6.45, 7) is 3.03. The average Bonchev–Trinajstić information content (AvgIpc) is 3.31. The number of nitrogens with zero attached hydrogens (tertiary/aromatic N) is 7. The molecule has 2 aliphatic heterocycles. The molecule has 4 heterocycles. The molecule has 1 amide bonds. The topological polar surface area (TPSA) is 103 Å². The van der Waals surface area contributed by atoms with E-state index in [1.54, 1.807) is 23.9 Å². The second-order valence-corrected chi connectivity index (χ2v) is 7.40. The largest absolute Gasteiger partial charge is 0.342 e. The molecule has 10 heteroatoms. The fourth-order valence-electron chi connectivity index (χ4n) is 4.16. The van der Waals surface area contributed by atoms with Crippen molar-refractivity contribution < 1.29 is 13.7 Å². The third-order valence-corrected chi connectivity index (χ3v) is 5.50. The number of carbonyl (C=O) groups is 1. The van der Waals surface area contributed by atoms with Gasteiger partial charge in [0.1, 0.15) is 12.2 Å². The number of hydrogen-bond donors (Lipinski definition) is 0. The molecule has 1 saturated carbocycles. The zero-order chi connectivity index (χ0) is 19.3. The predicted molar refractivity (Wildman–Crippen MR) is 93.2 cm³/mol. The van der Waals surface area contributed by atoms with Crippen LogP contribution in [-0.2, 0) is 11.2 Å². The number of benzene rings is 1. The van der Waals surface area contributed by atoms with Crippen LogP contribution in [0.2, 0.25) is 0 Å². The van der Waals surface area contributed by atoms with E-state index in [0.29, 0.717) is 42.5 Å². The van der Waals surface area contributed by atoms with Gasteiger partial charge in [0.25, 0.3) is 0 Å². The smallest absolute Gasteiger partial charge is 0.236 e. The summed E-state index contributed by atoms with van der Waals surface area (Å²) in [6.07, 6.45) is 1.17. The Morgan fingerprint density at radius 1 is 1.25 bits per heavy atom. The summed E-state index contributed by atoms with van der Waals surface area (Å²) in [5, 5.41) is 16.5. The minimum Gasteiger partial charge on any atom is -0.342 e. The van der Waals surface area contributed by atoms with Crippen molar-refractivity contribution in [2.45, 2.75) is 25.8 Å². The number of aromatic nitrogens is 6. The zero-order valence-corrected chi connectivity index (χ0v) is 15.2. The molecule has 0 spiro atoms. The average molecular weight is 383 g/mol. The summed E-state index contributed by atoms with van der Waals surface area (Å²) in [4.78, 5) is 20.1. The Bertz CT molecular complexity index is 1000. The molecule has 1 aliphatic carbocycles. The van der Waals surface area contributed by atoms with E-state index in [9.17, 15) is 9.18 Å². The number of tetrazole rings is 1. The van der Waals surface area contributed by atoms with Crippen LogP contribution in [0.1, 0.15) is 24.2 Å². The van der Waals surface area contributed by atoms with Gasteiger partial charge in [0.2, 0.25) is 17.6 Å². The molecule has 2 unspecified atom stereocenters. The van der Waals surface area contributed by atoms with Crippen LogP contribution in [0.5, 0.6) is 0 Å². The van der Waals surface area contributed by atoms with Crippen LogP contribution < -0.4 is 0 Å². The number of rotatable bonds is 4. The third kappa shape index (κ3) is 2.94. The number of fused-ring (bicyclic) bond motifs is 2. The first-order chi connectivity index (χ1) is 13.6. The van der Waals surface area contributed by atoms with Gasteiger partial charge < -0.3 is 9.42 Å². The highest BCUT2D eigenvalue weighted by molar-refractivity contribution is 5.78. The van der Waals surface area contributed by atoms with Gasteiger partial charge in [-0.1, -0.05) is 5.16 Å². The molecule has 0 N–H and O–H groups in total. The number of piperidine rings is 2. The van der Waals surface area contributed by atoms with Gasteiger partial charge in [-0.2, -0.15) is 9.78 Å². The van der Waals surface area contributed by atoms with Gasteiger partial charge in [0.15, 0.2) is 5.82 Å². The van der Waals surface area contributed by atoms with Gasteiger partial charge in [0.05, 0.1) is 6.04 Å². The first-order valence-electron chi connectivity index (χ1n) is 9.19. The maximum absolute atomic E-state index is 13.1. The molecule has 3 fully saturated rings. The zero-order valence-electron chi connectivity index (χ0n) is 15.2. The molecule has 2 bridgehead atoms. The molecular formula is C18H18FN7O2. The molecule has 2 aromatic heterocycles. The van der Waals surface area contributed by atoms with Gasteiger partial charge in [0, 0.05) is 30.5 Å². The van der Waals surface area contributed by atoms with Crippen LogP contribution in [0.25, 0.3) is 11.4 Å².